The van der Waals surface area contributed by atoms with Crippen molar-refractivity contribution in [2.75, 3.05) is 25.6 Å². The smallest absolute Gasteiger partial charge is 0.266 e. The number of anilines is 1. The van der Waals surface area contributed by atoms with Gasteiger partial charge in [0.05, 0.1) is 11.4 Å². The van der Waals surface area contributed by atoms with Crippen LogP contribution in [0.5, 0.6) is 0 Å². The number of hydrogen-bond donors (Lipinski definition) is 1. The standard InChI is InChI=1S/C14H17F2N3O/c1-17-12-8-19-7-11(9-2-4-20-5-3-9)18-13(19)6-10(12)14(15)16/h6-9,14,17H,2-5H2,1H3. The Morgan fingerprint density at radius 2 is 2.10 bits per heavy atom. The molecule has 20 heavy (non-hydrogen) atoms. The minimum Gasteiger partial charge on any atom is -0.387 e. The monoisotopic (exact) mass is 281 g/mol. The Bertz CT molecular complexity index is 606. The Hall–Kier alpha value is -1.69. The molecule has 108 valence electrons. The molecular formula is C14H17F2N3O. The van der Waals surface area contributed by atoms with Crippen LogP contribution in [0.1, 0.15) is 36.4 Å². The quantitative estimate of drug-likeness (QED) is 0.939. The molecule has 0 amide bonds. The topological polar surface area (TPSA) is 38.6 Å². The number of ether oxygens (including phenoxy) is 1. The van der Waals surface area contributed by atoms with E-state index in [1.54, 1.807) is 13.2 Å². The Balaban J connectivity index is 2.01. The largest absolute Gasteiger partial charge is 0.387 e. The molecule has 6 heteroatoms. The zero-order chi connectivity index (χ0) is 14.1. The van der Waals surface area contributed by atoms with Gasteiger partial charge in [0.25, 0.3) is 6.43 Å². The van der Waals surface area contributed by atoms with Gasteiger partial charge in [-0.15, -0.1) is 0 Å². The lowest BCUT2D eigenvalue weighted by atomic mass is 9.97. The van der Waals surface area contributed by atoms with E-state index in [1.807, 2.05) is 10.6 Å². The van der Waals surface area contributed by atoms with Gasteiger partial charge >= 0.3 is 0 Å². The van der Waals surface area contributed by atoms with E-state index in [2.05, 4.69) is 10.3 Å². The van der Waals surface area contributed by atoms with Crippen LogP contribution in [0.15, 0.2) is 18.5 Å². The van der Waals surface area contributed by atoms with Crippen molar-refractivity contribution < 1.29 is 13.5 Å². The van der Waals surface area contributed by atoms with Crippen LogP contribution in [0.2, 0.25) is 0 Å². The van der Waals surface area contributed by atoms with Gasteiger partial charge in [-0.2, -0.15) is 0 Å². The third-order valence-corrected chi connectivity index (χ3v) is 3.79. The Kier molecular flexibility index (Phi) is 3.56. The van der Waals surface area contributed by atoms with E-state index in [4.69, 9.17) is 4.74 Å². The minimum atomic E-state index is -2.51. The van der Waals surface area contributed by atoms with Gasteiger partial charge in [-0.1, -0.05) is 0 Å². The molecule has 3 rings (SSSR count). The number of pyridine rings is 1. The number of fused-ring (bicyclic) bond motifs is 1. The fourth-order valence-electron chi connectivity index (χ4n) is 2.65. The summed E-state index contributed by atoms with van der Waals surface area (Å²) in [5.74, 6) is 0.358. The summed E-state index contributed by atoms with van der Waals surface area (Å²) >= 11 is 0. The molecule has 0 aliphatic carbocycles. The number of rotatable bonds is 3. The van der Waals surface area contributed by atoms with Crippen molar-refractivity contribution in [1.82, 2.24) is 9.38 Å². The Labute approximate surface area is 115 Å². The summed E-state index contributed by atoms with van der Waals surface area (Å²) in [4.78, 5) is 4.50. The lowest BCUT2D eigenvalue weighted by molar-refractivity contribution is 0.0846. The summed E-state index contributed by atoms with van der Waals surface area (Å²) in [5.41, 5.74) is 1.95. The SMILES string of the molecule is CNc1cn2cc(C3CCOCC3)nc2cc1C(F)F. The third kappa shape index (κ3) is 2.35. The van der Waals surface area contributed by atoms with Gasteiger partial charge in [0.2, 0.25) is 0 Å². The Morgan fingerprint density at radius 1 is 1.35 bits per heavy atom. The van der Waals surface area contributed by atoms with Gasteiger partial charge in [0, 0.05) is 44.1 Å². The van der Waals surface area contributed by atoms with E-state index >= 15 is 0 Å². The average Bonchev–Trinajstić information content (AvgIpc) is 2.89. The first-order valence-corrected chi connectivity index (χ1v) is 6.75. The second-order valence-electron chi connectivity index (χ2n) is 5.01. The number of aromatic nitrogens is 2. The van der Waals surface area contributed by atoms with Crippen molar-refractivity contribution in [3.8, 4) is 0 Å². The van der Waals surface area contributed by atoms with Gasteiger partial charge < -0.3 is 14.5 Å². The summed E-state index contributed by atoms with van der Waals surface area (Å²) in [7, 11) is 1.64. The number of hydrogen-bond acceptors (Lipinski definition) is 3. The fraction of sp³-hybridized carbons (Fsp3) is 0.500. The van der Waals surface area contributed by atoms with Crippen LogP contribution in [-0.4, -0.2) is 29.6 Å². The number of imidazole rings is 1. The van der Waals surface area contributed by atoms with Crippen LogP contribution in [0, 0.1) is 0 Å². The van der Waals surface area contributed by atoms with Crippen LogP contribution < -0.4 is 5.32 Å². The molecule has 0 bridgehead atoms. The summed E-state index contributed by atoms with van der Waals surface area (Å²) in [6, 6.07) is 1.46. The van der Waals surface area contributed by atoms with E-state index in [0.717, 1.165) is 31.7 Å². The van der Waals surface area contributed by atoms with Gasteiger partial charge in [0.1, 0.15) is 5.65 Å². The maximum Gasteiger partial charge on any atom is 0.266 e. The normalized spacial score (nSPS) is 17.0. The molecule has 3 heterocycles. The highest BCUT2D eigenvalue weighted by atomic mass is 19.3. The van der Waals surface area contributed by atoms with E-state index in [1.165, 1.54) is 6.07 Å². The number of halogens is 2. The number of nitrogens with one attached hydrogen (secondary N) is 1. The molecule has 1 saturated heterocycles. The minimum absolute atomic E-state index is 0.0101. The van der Waals surface area contributed by atoms with Crippen LogP contribution >= 0.6 is 0 Å². The zero-order valence-corrected chi connectivity index (χ0v) is 11.3. The molecule has 1 N–H and O–H groups in total. The van der Waals surface area contributed by atoms with Crippen molar-refractivity contribution >= 4 is 11.3 Å². The molecule has 0 unspecified atom stereocenters. The summed E-state index contributed by atoms with van der Waals surface area (Å²) in [5, 5.41) is 2.81. The molecule has 1 fully saturated rings. The summed E-state index contributed by atoms with van der Waals surface area (Å²) in [6.07, 6.45) is 2.97. The predicted octanol–water partition coefficient (Wildman–Crippen LogP) is 3.21. The molecule has 0 radical (unpaired) electrons. The molecule has 4 nitrogen and oxygen atoms in total. The zero-order valence-electron chi connectivity index (χ0n) is 11.3. The van der Waals surface area contributed by atoms with Crippen LogP contribution in [0.4, 0.5) is 14.5 Å². The Morgan fingerprint density at radius 3 is 2.75 bits per heavy atom. The molecule has 0 spiro atoms. The highest BCUT2D eigenvalue weighted by Crippen LogP contribution is 2.30. The van der Waals surface area contributed by atoms with Crippen molar-refractivity contribution in [3.63, 3.8) is 0 Å². The lowest BCUT2D eigenvalue weighted by Gasteiger charge is -2.19. The molecule has 0 atom stereocenters. The third-order valence-electron chi connectivity index (χ3n) is 3.79. The molecule has 0 saturated carbocycles. The van der Waals surface area contributed by atoms with Crippen molar-refractivity contribution in [3.05, 3.63) is 29.7 Å². The number of alkyl halides is 2. The van der Waals surface area contributed by atoms with Gasteiger partial charge in [-0.3, -0.25) is 0 Å². The average molecular weight is 281 g/mol. The summed E-state index contributed by atoms with van der Waals surface area (Å²) in [6.45, 7) is 1.48. The highest BCUT2D eigenvalue weighted by molar-refractivity contribution is 5.58. The molecular weight excluding hydrogens is 264 g/mol. The van der Waals surface area contributed by atoms with Gasteiger partial charge in [-0.25, -0.2) is 13.8 Å². The molecule has 2 aromatic heterocycles. The van der Waals surface area contributed by atoms with Crippen molar-refractivity contribution in [2.45, 2.75) is 25.2 Å². The second kappa shape index (κ2) is 5.36. The van der Waals surface area contributed by atoms with Crippen molar-refractivity contribution in [1.29, 1.82) is 0 Å². The first kappa shape index (κ1) is 13.3. The first-order valence-electron chi connectivity index (χ1n) is 6.75. The van der Waals surface area contributed by atoms with E-state index in [-0.39, 0.29) is 5.56 Å². The molecule has 1 aliphatic rings. The highest BCUT2D eigenvalue weighted by Gasteiger charge is 2.20. The van der Waals surface area contributed by atoms with Crippen LogP contribution in [0.25, 0.3) is 5.65 Å². The lowest BCUT2D eigenvalue weighted by Crippen LogP contribution is -2.14. The fourth-order valence-corrected chi connectivity index (χ4v) is 2.65. The molecule has 1 aliphatic heterocycles. The second-order valence-corrected chi connectivity index (χ2v) is 5.01. The van der Waals surface area contributed by atoms with E-state index < -0.39 is 6.43 Å². The van der Waals surface area contributed by atoms with Gasteiger partial charge in [0.15, 0.2) is 0 Å². The molecule has 0 aromatic carbocycles. The van der Waals surface area contributed by atoms with Crippen molar-refractivity contribution in [2.24, 2.45) is 0 Å². The predicted molar refractivity (Wildman–Crippen MR) is 72.5 cm³/mol. The van der Waals surface area contributed by atoms with E-state index in [9.17, 15) is 8.78 Å². The van der Waals surface area contributed by atoms with Gasteiger partial charge in [-0.05, 0) is 18.9 Å². The maximum atomic E-state index is 13.0. The first-order chi connectivity index (χ1) is 9.69. The van der Waals surface area contributed by atoms with Crippen LogP contribution in [-0.2, 0) is 4.74 Å². The maximum absolute atomic E-state index is 13.0. The summed E-state index contributed by atoms with van der Waals surface area (Å²) < 4.78 is 33.2. The van der Waals surface area contributed by atoms with E-state index in [0.29, 0.717) is 17.3 Å². The number of nitrogens with zero attached hydrogens (tertiary/aromatic N) is 2. The molecule has 2 aromatic rings. The van der Waals surface area contributed by atoms with Crippen LogP contribution in [0.3, 0.4) is 0 Å².